The summed E-state index contributed by atoms with van der Waals surface area (Å²) in [5.41, 5.74) is 4.13. The lowest BCUT2D eigenvalue weighted by atomic mass is 10.2. The van der Waals surface area contributed by atoms with Gasteiger partial charge in [-0.1, -0.05) is 54.2 Å². The molecule has 24 heavy (non-hydrogen) atoms. The number of aromatic nitrogens is 3. The largest absolute Gasteiger partial charge is 0.332 e. The highest BCUT2D eigenvalue weighted by Crippen LogP contribution is 2.22. The molecule has 0 bridgehead atoms. The monoisotopic (exact) mass is 338 g/mol. The van der Waals surface area contributed by atoms with E-state index in [2.05, 4.69) is 69.7 Å². The highest BCUT2D eigenvalue weighted by atomic mass is 32.2. The summed E-state index contributed by atoms with van der Waals surface area (Å²) in [6.45, 7) is 2.16. The van der Waals surface area contributed by atoms with Gasteiger partial charge >= 0.3 is 0 Å². The molecule has 0 spiro atoms. The van der Waals surface area contributed by atoms with E-state index in [4.69, 9.17) is 0 Å². The number of nitrogens with one attached hydrogen (secondary N) is 2. The molecule has 0 saturated carbocycles. The van der Waals surface area contributed by atoms with Gasteiger partial charge < -0.3 is 10.3 Å². The molecule has 0 saturated heterocycles. The third-order valence-corrected chi connectivity index (χ3v) is 4.79. The van der Waals surface area contributed by atoms with Gasteiger partial charge in [-0.25, -0.2) is 9.97 Å². The second-order valence-electron chi connectivity index (χ2n) is 5.78. The van der Waals surface area contributed by atoms with Crippen LogP contribution in [0, 0.1) is 0 Å². The molecular formula is C19H22N4S. The molecule has 2 N–H and O–H groups in total. The highest BCUT2D eigenvalue weighted by Gasteiger charge is 2.05. The topological polar surface area (TPSA) is 53.6 Å². The molecule has 4 nitrogen and oxygen atoms in total. The zero-order chi connectivity index (χ0) is 16.8. The number of hydrogen-bond donors (Lipinski definition) is 2. The number of H-pyrrole nitrogens is 1. The standard InChI is InChI=1S/C19H22N4S/c1-14(20-2)7-6-10-16-11-17-18(21-12-16)23-19(22-17)24-13-15-8-4-3-5-9-15/h3-6,8-12,14,20H,7,13H2,1-2H3,(H,21,22,23). The minimum atomic E-state index is 0.478. The number of hydrogen-bond acceptors (Lipinski definition) is 4. The Balaban J connectivity index is 1.67. The van der Waals surface area contributed by atoms with Crippen LogP contribution in [-0.4, -0.2) is 28.0 Å². The van der Waals surface area contributed by atoms with E-state index in [1.54, 1.807) is 11.8 Å². The predicted molar refractivity (Wildman–Crippen MR) is 102 cm³/mol. The first-order chi connectivity index (χ1) is 11.7. The summed E-state index contributed by atoms with van der Waals surface area (Å²) in [5.74, 6) is 0.898. The van der Waals surface area contributed by atoms with Crippen molar-refractivity contribution in [3.63, 3.8) is 0 Å². The Bertz CT molecular complexity index is 811. The van der Waals surface area contributed by atoms with Crippen LogP contribution >= 0.6 is 11.8 Å². The van der Waals surface area contributed by atoms with Gasteiger partial charge in [0, 0.05) is 18.0 Å². The van der Waals surface area contributed by atoms with Crippen LogP contribution in [0.25, 0.3) is 17.2 Å². The van der Waals surface area contributed by atoms with Crippen LogP contribution < -0.4 is 5.32 Å². The fourth-order valence-corrected chi connectivity index (χ4v) is 3.13. The van der Waals surface area contributed by atoms with E-state index < -0.39 is 0 Å². The number of imidazole rings is 1. The van der Waals surface area contributed by atoms with Crippen molar-refractivity contribution in [3.05, 3.63) is 59.8 Å². The molecule has 1 unspecified atom stereocenters. The summed E-state index contributed by atoms with van der Waals surface area (Å²) in [7, 11) is 1.98. The van der Waals surface area contributed by atoms with Crippen molar-refractivity contribution in [2.24, 2.45) is 0 Å². The lowest BCUT2D eigenvalue weighted by Crippen LogP contribution is -2.19. The maximum Gasteiger partial charge on any atom is 0.178 e. The number of fused-ring (bicyclic) bond motifs is 1. The smallest absolute Gasteiger partial charge is 0.178 e. The Labute approximate surface area is 146 Å². The molecule has 0 aliphatic rings. The number of benzene rings is 1. The first kappa shape index (κ1) is 16.7. The van der Waals surface area contributed by atoms with Crippen molar-refractivity contribution in [2.45, 2.75) is 30.3 Å². The zero-order valence-corrected chi connectivity index (χ0v) is 14.8. The van der Waals surface area contributed by atoms with Gasteiger partial charge in [0.25, 0.3) is 0 Å². The molecule has 5 heteroatoms. The van der Waals surface area contributed by atoms with Crippen molar-refractivity contribution in [1.82, 2.24) is 20.3 Å². The first-order valence-corrected chi connectivity index (χ1v) is 9.09. The van der Waals surface area contributed by atoms with Crippen molar-refractivity contribution < 1.29 is 0 Å². The summed E-state index contributed by atoms with van der Waals surface area (Å²) in [5, 5.41) is 4.13. The molecule has 3 aromatic rings. The maximum absolute atomic E-state index is 4.55. The summed E-state index contributed by atoms with van der Waals surface area (Å²) in [6.07, 6.45) is 7.15. The Morgan fingerprint density at radius 1 is 1.29 bits per heavy atom. The Morgan fingerprint density at radius 2 is 2.12 bits per heavy atom. The summed E-state index contributed by atoms with van der Waals surface area (Å²) >= 11 is 1.70. The van der Waals surface area contributed by atoms with Gasteiger partial charge in [-0.2, -0.15) is 0 Å². The average Bonchev–Trinajstić information content (AvgIpc) is 3.03. The van der Waals surface area contributed by atoms with E-state index in [1.165, 1.54) is 5.56 Å². The summed E-state index contributed by atoms with van der Waals surface area (Å²) < 4.78 is 0. The molecule has 0 aliphatic heterocycles. The average molecular weight is 338 g/mol. The molecule has 1 aromatic carbocycles. The van der Waals surface area contributed by atoms with Crippen LogP contribution in [0.15, 0.2) is 53.8 Å². The van der Waals surface area contributed by atoms with Crippen LogP contribution in [0.2, 0.25) is 0 Å². The lowest BCUT2D eigenvalue weighted by molar-refractivity contribution is 0.621. The fourth-order valence-electron chi connectivity index (χ4n) is 2.31. The second kappa shape index (κ2) is 8.13. The van der Waals surface area contributed by atoms with Crippen molar-refractivity contribution >= 4 is 29.0 Å². The number of nitrogens with zero attached hydrogens (tertiary/aromatic N) is 2. The molecule has 0 radical (unpaired) electrons. The van der Waals surface area contributed by atoms with Crippen LogP contribution in [0.4, 0.5) is 0 Å². The van der Waals surface area contributed by atoms with E-state index in [0.717, 1.165) is 34.1 Å². The highest BCUT2D eigenvalue weighted by molar-refractivity contribution is 7.98. The van der Waals surface area contributed by atoms with Gasteiger partial charge in [0.1, 0.15) is 0 Å². The van der Waals surface area contributed by atoms with Crippen LogP contribution in [0.1, 0.15) is 24.5 Å². The molecule has 2 heterocycles. The number of thioether (sulfide) groups is 1. The third-order valence-electron chi connectivity index (χ3n) is 3.85. The normalized spacial score (nSPS) is 12.9. The van der Waals surface area contributed by atoms with Crippen LogP contribution in [0.5, 0.6) is 0 Å². The Morgan fingerprint density at radius 3 is 2.92 bits per heavy atom. The molecule has 0 amide bonds. The van der Waals surface area contributed by atoms with Crippen molar-refractivity contribution in [3.8, 4) is 0 Å². The maximum atomic E-state index is 4.55. The summed E-state index contributed by atoms with van der Waals surface area (Å²) in [4.78, 5) is 12.4. The Hall–Kier alpha value is -2.11. The van der Waals surface area contributed by atoms with Crippen molar-refractivity contribution in [2.75, 3.05) is 7.05 Å². The summed E-state index contributed by atoms with van der Waals surface area (Å²) in [6, 6.07) is 13.0. The van der Waals surface area contributed by atoms with E-state index in [9.17, 15) is 0 Å². The van der Waals surface area contributed by atoms with E-state index in [0.29, 0.717) is 6.04 Å². The molecule has 2 aromatic heterocycles. The first-order valence-electron chi connectivity index (χ1n) is 8.11. The fraction of sp³-hybridized carbons (Fsp3) is 0.263. The van der Waals surface area contributed by atoms with Crippen molar-refractivity contribution in [1.29, 1.82) is 0 Å². The van der Waals surface area contributed by atoms with Gasteiger partial charge in [0.15, 0.2) is 10.8 Å². The number of rotatable bonds is 7. The predicted octanol–water partition coefficient (Wildman–Crippen LogP) is 4.26. The zero-order valence-electron chi connectivity index (χ0n) is 14.0. The molecule has 1 atom stereocenters. The van der Waals surface area contributed by atoms with Gasteiger partial charge in [0.05, 0.1) is 5.52 Å². The van der Waals surface area contributed by atoms with Crippen LogP contribution in [0.3, 0.4) is 0 Å². The molecule has 3 rings (SSSR count). The van der Waals surface area contributed by atoms with Gasteiger partial charge in [-0.05, 0) is 37.6 Å². The van der Waals surface area contributed by atoms with Gasteiger partial charge in [-0.15, -0.1) is 0 Å². The number of pyridine rings is 1. The molecular weight excluding hydrogens is 316 g/mol. The number of aromatic amines is 1. The molecule has 0 aliphatic carbocycles. The minimum absolute atomic E-state index is 0.478. The quantitative estimate of drug-likeness (QED) is 0.632. The van der Waals surface area contributed by atoms with E-state index in [1.807, 2.05) is 19.3 Å². The Kier molecular flexibility index (Phi) is 5.67. The minimum Gasteiger partial charge on any atom is -0.332 e. The van der Waals surface area contributed by atoms with Gasteiger partial charge in [0.2, 0.25) is 0 Å². The van der Waals surface area contributed by atoms with Crippen LogP contribution in [-0.2, 0) is 5.75 Å². The molecule has 124 valence electrons. The third kappa shape index (κ3) is 4.46. The second-order valence-corrected chi connectivity index (χ2v) is 6.75. The SMILES string of the molecule is CNC(C)CC=Cc1cnc2nc(SCc3ccccc3)[nH]c2c1. The van der Waals surface area contributed by atoms with E-state index in [-0.39, 0.29) is 0 Å². The molecule has 0 fully saturated rings. The van der Waals surface area contributed by atoms with E-state index >= 15 is 0 Å². The lowest BCUT2D eigenvalue weighted by Gasteiger charge is -2.04. The van der Waals surface area contributed by atoms with Gasteiger partial charge in [-0.3, -0.25) is 0 Å².